The second-order valence-electron chi connectivity index (χ2n) is 11.6. The van der Waals surface area contributed by atoms with Gasteiger partial charge in [0.15, 0.2) is 0 Å². The highest BCUT2D eigenvalue weighted by Crippen LogP contribution is 2.40. The second-order valence-corrected chi connectivity index (χ2v) is 11.6. The predicted molar refractivity (Wildman–Crippen MR) is 191 cm³/mol. The first-order valence-electron chi connectivity index (χ1n) is 15.5. The zero-order valence-electron chi connectivity index (χ0n) is 24.9. The molecule has 3 nitrogen and oxygen atoms in total. The van der Waals surface area contributed by atoms with Crippen LogP contribution in [0.2, 0.25) is 0 Å². The van der Waals surface area contributed by atoms with Crippen molar-refractivity contribution in [2.75, 3.05) is 0 Å². The molecule has 9 rings (SSSR count). The number of benzene rings is 7. The van der Waals surface area contributed by atoms with Gasteiger partial charge in [-0.1, -0.05) is 121 Å². The number of aromatic nitrogens is 2. The van der Waals surface area contributed by atoms with Crippen molar-refractivity contribution in [3.8, 4) is 39.7 Å². The Morgan fingerprint density at radius 1 is 0.370 bits per heavy atom. The van der Waals surface area contributed by atoms with E-state index in [-0.39, 0.29) is 0 Å². The van der Waals surface area contributed by atoms with Crippen molar-refractivity contribution >= 4 is 43.6 Å². The summed E-state index contributed by atoms with van der Waals surface area (Å²) in [5, 5.41) is 15.4. The summed E-state index contributed by atoms with van der Waals surface area (Å²) in [4.78, 5) is 0. The van der Waals surface area contributed by atoms with Gasteiger partial charge in [-0.2, -0.15) is 5.26 Å². The average molecular weight is 586 g/mol. The maximum absolute atomic E-state index is 10.5. The number of rotatable bonds is 4. The number of nitrogens with zero attached hydrogens (tertiary/aromatic N) is 3. The highest BCUT2D eigenvalue weighted by atomic mass is 15.0. The molecular formula is C43H27N3. The van der Waals surface area contributed by atoms with Crippen LogP contribution in [0.1, 0.15) is 5.56 Å². The lowest BCUT2D eigenvalue weighted by atomic mass is 9.92. The molecular weight excluding hydrogens is 558 g/mol. The molecule has 0 saturated carbocycles. The van der Waals surface area contributed by atoms with E-state index in [4.69, 9.17) is 0 Å². The molecule has 0 aliphatic heterocycles. The third kappa shape index (κ3) is 3.84. The maximum atomic E-state index is 10.5. The van der Waals surface area contributed by atoms with Crippen LogP contribution in [0.25, 0.3) is 77.2 Å². The third-order valence-electron chi connectivity index (χ3n) is 9.19. The Hall–Kier alpha value is -6.37. The summed E-state index contributed by atoms with van der Waals surface area (Å²) in [6.07, 6.45) is 0. The van der Waals surface area contributed by atoms with Gasteiger partial charge in [0.05, 0.1) is 39.0 Å². The summed E-state index contributed by atoms with van der Waals surface area (Å²) in [7, 11) is 0. The molecule has 0 saturated heterocycles. The van der Waals surface area contributed by atoms with Crippen LogP contribution in [-0.2, 0) is 0 Å². The van der Waals surface area contributed by atoms with Gasteiger partial charge in [0, 0.05) is 27.1 Å². The molecule has 2 aromatic heterocycles. The summed E-state index contributed by atoms with van der Waals surface area (Å²) < 4.78 is 4.60. The molecule has 7 aromatic carbocycles. The predicted octanol–water partition coefficient (Wildman–Crippen LogP) is 11.1. The SMILES string of the molecule is N#Cc1cc(-c2ccccc2-c2ccccc2-n2c3ccccc3c3ccccc32)ccc1-n1c2ccccc2c2ccccc21. The van der Waals surface area contributed by atoms with Crippen LogP contribution < -0.4 is 0 Å². The average Bonchev–Trinajstić information content (AvgIpc) is 3.64. The zero-order chi connectivity index (χ0) is 30.6. The van der Waals surface area contributed by atoms with E-state index in [1.807, 2.05) is 6.07 Å². The summed E-state index contributed by atoms with van der Waals surface area (Å²) >= 11 is 0. The fourth-order valence-corrected chi connectivity index (χ4v) is 7.22. The summed E-state index contributed by atoms with van der Waals surface area (Å²) in [5.41, 5.74) is 11.5. The molecule has 0 radical (unpaired) electrons. The highest BCUT2D eigenvalue weighted by molar-refractivity contribution is 6.10. The van der Waals surface area contributed by atoms with Gasteiger partial charge >= 0.3 is 0 Å². The molecule has 214 valence electrons. The first-order valence-corrected chi connectivity index (χ1v) is 15.5. The van der Waals surface area contributed by atoms with Gasteiger partial charge in [-0.25, -0.2) is 0 Å². The van der Waals surface area contributed by atoms with Crippen LogP contribution >= 0.6 is 0 Å². The van der Waals surface area contributed by atoms with Gasteiger partial charge in [-0.15, -0.1) is 0 Å². The Kier molecular flexibility index (Phi) is 5.88. The van der Waals surface area contributed by atoms with Gasteiger partial charge in [-0.05, 0) is 59.2 Å². The van der Waals surface area contributed by atoms with Crippen molar-refractivity contribution < 1.29 is 0 Å². The Morgan fingerprint density at radius 2 is 0.783 bits per heavy atom. The molecule has 0 amide bonds. The van der Waals surface area contributed by atoms with Crippen molar-refractivity contribution in [2.45, 2.75) is 0 Å². The summed E-state index contributed by atoms with van der Waals surface area (Å²) in [6, 6.07) is 60.0. The van der Waals surface area contributed by atoms with Crippen LogP contribution in [0.15, 0.2) is 164 Å². The van der Waals surface area contributed by atoms with Crippen LogP contribution in [0.4, 0.5) is 0 Å². The van der Waals surface area contributed by atoms with Crippen molar-refractivity contribution in [3.63, 3.8) is 0 Å². The van der Waals surface area contributed by atoms with Crippen LogP contribution in [0.5, 0.6) is 0 Å². The molecule has 0 aliphatic rings. The molecule has 0 aliphatic carbocycles. The van der Waals surface area contributed by atoms with E-state index in [0.29, 0.717) is 5.56 Å². The Balaban J connectivity index is 1.25. The molecule has 0 unspecified atom stereocenters. The molecule has 0 spiro atoms. The lowest BCUT2D eigenvalue weighted by Gasteiger charge is -2.17. The summed E-state index contributed by atoms with van der Waals surface area (Å²) in [5.74, 6) is 0. The minimum atomic E-state index is 0.634. The van der Waals surface area contributed by atoms with E-state index in [1.54, 1.807) is 0 Å². The second kappa shape index (κ2) is 10.4. The fourth-order valence-electron chi connectivity index (χ4n) is 7.22. The molecule has 0 fully saturated rings. The number of hydrogen-bond acceptors (Lipinski definition) is 1. The van der Waals surface area contributed by atoms with E-state index in [9.17, 15) is 5.26 Å². The van der Waals surface area contributed by atoms with E-state index < -0.39 is 0 Å². The van der Waals surface area contributed by atoms with Gasteiger partial charge in [0.2, 0.25) is 0 Å². The zero-order valence-corrected chi connectivity index (χ0v) is 24.9. The van der Waals surface area contributed by atoms with Crippen LogP contribution in [0, 0.1) is 11.3 Å². The first kappa shape index (κ1) is 26.1. The molecule has 0 N–H and O–H groups in total. The topological polar surface area (TPSA) is 33.6 Å². The van der Waals surface area contributed by atoms with Gasteiger partial charge < -0.3 is 9.13 Å². The molecule has 3 heteroatoms. The van der Waals surface area contributed by atoms with Crippen molar-refractivity contribution in [2.24, 2.45) is 0 Å². The van der Waals surface area contributed by atoms with E-state index in [2.05, 4.69) is 173 Å². The molecule has 9 aromatic rings. The van der Waals surface area contributed by atoms with Crippen LogP contribution in [0.3, 0.4) is 0 Å². The lowest BCUT2D eigenvalue weighted by Crippen LogP contribution is -1.99. The number of nitriles is 1. The van der Waals surface area contributed by atoms with Gasteiger partial charge in [-0.3, -0.25) is 0 Å². The monoisotopic (exact) mass is 585 g/mol. The third-order valence-corrected chi connectivity index (χ3v) is 9.19. The minimum absolute atomic E-state index is 0.634. The number of hydrogen-bond donors (Lipinski definition) is 0. The maximum Gasteiger partial charge on any atom is 0.101 e. The van der Waals surface area contributed by atoms with Gasteiger partial charge in [0.25, 0.3) is 0 Å². The number of fused-ring (bicyclic) bond motifs is 6. The quantitative estimate of drug-likeness (QED) is 0.202. The van der Waals surface area contributed by atoms with Crippen molar-refractivity contribution in [1.29, 1.82) is 5.26 Å². The Labute approximate surface area is 266 Å². The normalized spacial score (nSPS) is 11.5. The standard InChI is InChI=1S/C43H27N3/c44-28-30-27-29(25-26-38(30)45-40-21-9-4-16-34(40)35-17-5-10-22-41(35)45)31-13-1-2-14-32(31)33-15-3-8-20-39(33)46-42-23-11-6-18-36(42)37-19-7-12-24-43(37)46/h1-27H. The first-order chi connectivity index (χ1) is 22.8. The van der Waals surface area contributed by atoms with E-state index >= 15 is 0 Å². The van der Waals surface area contributed by atoms with Crippen molar-refractivity contribution in [1.82, 2.24) is 9.13 Å². The molecule has 46 heavy (non-hydrogen) atoms. The molecule has 0 bridgehead atoms. The van der Waals surface area contributed by atoms with Gasteiger partial charge in [0.1, 0.15) is 6.07 Å². The largest absolute Gasteiger partial charge is 0.309 e. The van der Waals surface area contributed by atoms with E-state index in [0.717, 1.165) is 44.7 Å². The van der Waals surface area contributed by atoms with Crippen LogP contribution in [-0.4, -0.2) is 9.13 Å². The number of para-hydroxylation sites is 5. The summed E-state index contributed by atoms with van der Waals surface area (Å²) in [6.45, 7) is 0. The minimum Gasteiger partial charge on any atom is -0.309 e. The van der Waals surface area contributed by atoms with E-state index in [1.165, 1.54) is 32.6 Å². The Bertz CT molecular complexity index is 2560. The van der Waals surface area contributed by atoms with Crippen molar-refractivity contribution in [3.05, 3.63) is 169 Å². The molecule has 2 heterocycles. The lowest BCUT2D eigenvalue weighted by molar-refractivity contribution is 1.17. The molecule has 0 atom stereocenters. The smallest absolute Gasteiger partial charge is 0.101 e. The Morgan fingerprint density at radius 3 is 1.30 bits per heavy atom. The fraction of sp³-hybridized carbons (Fsp3) is 0. The highest BCUT2D eigenvalue weighted by Gasteiger charge is 2.19.